The Morgan fingerprint density at radius 2 is 2.00 bits per heavy atom. The Bertz CT molecular complexity index is 758. The van der Waals surface area contributed by atoms with Crippen LogP contribution in [-0.2, 0) is 12.8 Å². The summed E-state index contributed by atoms with van der Waals surface area (Å²) >= 11 is 7.41. The van der Waals surface area contributed by atoms with Crippen LogP contribution in [0.15, 0.2) is 35.7 Å². The van der Waals surface area contributed by atoms with E-state index in [0.29, 0.717) is 0 Å². The lowest BCUT2D eigenvalue weighted by Gasteiger charge is -2.00. The Kier molecular flexibility index (Phi) is 3.51. The van der Waals surface area contributed by atoms with E-state index in [1.807, 2.05) is 24.3 Å². The number of halogens is 1. The zero-order valence-electron chi connectivity index (χ0n) is 10.5. The van der Waals surface area contributed by atoms with Crippen LogP contribution in [0.25, 0.3) is 10.2 Å². The molecule has 0 saturated heterocycles. The number of carboxylic acid groups (broad SMARTS) is 1. The molecule has 0 amide bonds. The van der Waals surface area contributed by atoms with E-state index in [0.717, 1.165) is 28.1 Å². The van der Waals surface area contributed by atoms with E-state index in [1.165, 1.54) is 11.1 Å². The van der Waals surface area contributed by atoms with Crippen molar-refractivity contribution in [3.63, 3.8) is 0 Å². The van der Waals surface area contributed by atoms with Crippen LogP contribution in [0.4, 0.5) is 0 Å². The smallest absolute Gasteiger partial charge is 0.352 e. The van der Waals surface area contributed by atoms with Gasteiger partial charge in [-0.2, -0.15) is 0 Å². The molecule has 102 valence electrons. The predicted molar refractivity (Wildman–Crippen MR) is 82.0 cm³/mol. The number of carbonyl (C=O) groups is 1. The molecule has 20 heavy (non-hydrogen) atoms. The number of fused-ring (bicyclic) bond motifs is 1. The van der Waals surface area contributed by atoms with E-state index < -0.39 is 5.97 Å². The summed E-state index contributed by atoms with van der Waals surface area (Å²) in [5.41, 5.74) is 2.66. The zero-order chi connectivity index (χ0) is 14.1. The van der Waals surface area contributed by atoms with Crippen molar-refractivity contribution >= 4 is 39.1 Å². The van der Waals surface area contributed by atoms with Crippen molar-refractivity contribution in [2.75, 3.05) is 0 Å². The fourth-order valence-corrected chi connectivity index (χ4v) is 3.32. The van der Waals surface area contributed by atoms with Crippen LogP contribution in [0.5, 0.6) is 0 Å². The van der Waals surface area contributed by atoms with Gasteiger partial charge in [-0.1, -0.05) is 23.7 Å². The molecule has 2 aromatic heterocycles. The van der Waals surface area contributed by atoms with Gasteiger partial charge in [0, 0.05) is 10.4 Å². The minimum Gasteiger partial charge on any atom is -0.477 e. The summed E-state index contributed by atoms with van der Waals surface area (Å²) in [4.78, 5) is 14.8. The average molecular weight is 306 g/mol. The molecule has 2 N–H and O–H groups in total. The zero-order valence-corrected chi connectivity index (χ0v) is 12.1. The van der Waals surface area contributed by atoms with Gasteiger partial charge in [0.2, 0.25) is 0 Å². The number of aromatic carboxylic acids is 1. The number of H-pyrrole nitrogens is 1. The summed E-state index contributed by atoms with van der Waals surface area (Å²) < 4.78 is 0. The SMILES string of the molecule is O=C(O)c1cc2c(CCc3ccc(Cl)cc3)csc2[nH]1. The average Bonchev–Trinajstić information content (AvgIpc) is 2.99. The van der Waals surface area contributed by atoms with Gasteiger partial charge in [0.25, 0.3) is 0 Å². The summed E-state index contributed by atoms with van der Waals surface area (Å²) in [5, 5.41) is 12.8. The molecule has 0 aliphatic carbocycles. The molecular weight excluding hydrogens is 294 g/mol. The summed E-state index contributed by atoms with van der Waals surface area (Å²) in [5.74, 6) is -0.919. The third-order valence-corrected chi connectivity index (χ3v) is 4.49. The van der Waals surface area contributed by atoms with Crippen molar-refractivity contribution in [1.82, 2.24) is 4.98 Å². The molecule has 0 unspecified atom stereocenters. The molecule has 0 spiro atoms. The van der Waals surface area contributed by atoms with E-state index in [1.54, 1.807) is 17.4 Å². The van der Waals surface area contributed by atoms with Gasteiger partial charge in [-0.05, 0) is 47.5 Å². The van der Waals surface area contributed by atoms with Crippen LogP contribution in [-0.4, -0.2) is 16.1 Å². The lowest BCUT2D eigenvalue weighted by atomic mass is 10.1. The lowest BCUT2D eigenvalue weighted by molar-refractivity contribution is 0.0691. The van der Waals surface area contributed by atoms with Crippen LogP contribution in [0.3, 0.4) is 0 Å². The Labute approximate surface area is 124 Å². The molecule has 0 radical (unpaired) electrons. The Balaban J connectivity index is 1.80. The first-order chi connectivity index (χ1) is 9.63. The number of benzene rings is 1. The Morgan fingerprint density at radius 1 is 1.25 bits per heavy atom. The highest BCUT2D eigenvalue weighted by molar-refractivity contribution is 7.17. The number of hydrogen-bond acceptors (Lipinski definition) is 2. The largest absolute Gasteiger partial charge is 0.477 e. The molecular formula is C15H12ClNO2S. The van der Waals surface area contributed by atoms with Gasteiger partial charge in [0.15, 0.2) is 0 Å². The highest BCUT2D eigenvalue weighted by Crippen LogP contribution is 2.27. The van der Waals surface area contributed by atoms with Gasteiger partial charge < -0.3 is 10.1 Å². The van der Waals surface area contributed by atoms with Gasteiger partial charge in [-0.3, -0.25) is 0 Å². The molecule has 5 heteroatoms. The molecule has 2 heterocycles. The van der Waals surface area contributed by atoms with Crippen molar-refractivity contribution < 1.29 is 9.90 Å². The highest BCUT2D eigenvalue weighted by Gasteiger charge is 2.12. The first-order valence-corrected chi connectivity index (χ1v) is 7.46. The standard InChI is InChI=1S/C15H12ClNO2S/c16-11-5-2-9(3-6-11)1-4-10-8-20-14-12(10)7-13(17-14)15(18)19/h2-3,5-8,17H,1,4H2,(H,18,19). The van der Waals surface area contributed by atoms with Crippen molar-refractivity contribution in [1.29, 1.82) is 0 Å². The number of aromatic nitrogens is 1. The third kappa shape index (κ3) is 2.57. The van der Waals surface area contributed by atoms with E-state index in [9.17, 15) is 4.79 Å². The number of thiophene rings is 1. The van der Waals surface area contributed by atoms with Gasteiger partial charge >= 0.3 is 5.97 Å². The molecule has 3 nitrogen and oxygen atoms in total. The first-order valence-electron chi connectivity index (χ1n) is 6.20. The number of carboxylic acids is 1. The van der Waals surface area contributed by atoms with Gasteiger partial charge in [0.05, 0.1) is 0 Å². The second-order valence-electron chi connectivity index (χ2n) is 4.62. The fourth-order valence-electron chi connectivity index (χ4n) is 2.20. The number of nitrogens with one attached hydrogen (secondary N) is 1. The van der Waals surface area contributed by atoms with Gasteiger partial charge in [0.1, 0.15) is 10.5 Å². The van der Waals surface area contributed by atoms with E-state index in [2.05, 4.69) is 10.4 Å². The quantitative estimate of drug-likeness (QED) is 0.752. The van der Waals surface area contributed by atoms with Crippen molar-refractivity contribution in [3.05, 3.63) is 57.6 Å². The highest BCUT2D eigenvalue weighted by atomic mass is 35.5. The predicted octanol–water partition coefficient (Wildman–Crippen LogP) is 4.37. The van der Waals surface area contributed by atoms with E-state index in [4.69, 9.17) is 16.7 Å². The molecule has 0 bridgehead atoms. The summed E-state index contributed by atoms with van der Waals surface area (Å²) in [6, 6.07) is 9.53. The van der Waals surface area contributed by atoms with Crippen molar-refractivity contribution in [2.24, 2.45) is 0 Å². The lowest BCUT2D eigenvalue weighted by Crippen LogP contribution is -1.95. The molecule has 0 fully saturated rings. The minimum atomic E-state index is -0.919. The first kappa shape index (κ1) is 13.2. The minimum absolute atomic E-state index is 0.250. The second kappa shape index (κ2) is 5.31. The number of aromatic amines is 1. The Hall–Kier alpha value is -1.78. The number of rotatable bonds is 4. The van der Waals surface area contributed by atoms with E-state index >= 15 is 0 Å². The van der Waals surface area contributed by atoms with Crippen LogP contribution < -0.4 is 0 Å². The van der Waals surface area contributed by atoms with Crippen LogP contribution in [0.2, 0.25) is 5.02 Å². The number of aryl methyl sites for hydroxylation is 2. The molecule has 0 atom stereocenters. The molecule has 3 rings (SSSR count). The second-order valence-corrected chi connectivity index (χ2v) is 5.93. The topological polar surface area (TPSA) is 53.1 Å². The normalized spacial score (nSPS) is 11.1. The number of hydrogen-bond donors (Lipinski definition) is 2. The maximum atomic E-state index is 11.0. The van der Waals surface area contributed by atoms with Crippen LogP contribution >= 0.6 is 22.9 Å². The third-order valence-electron chi connectivity index (χ3n) is 3.27. The van der Waals surface area contributed by atoms with E-state index in [-0.39, 0.29) is 5.69 Å². The van der Waals surface area contributed by atoms with Crippen molar-refractivity contribution in [3.8, 4) is 0 Å². The molecule has 0 saturated carbocycles. The van der Waals surface area contributed by atoms with Crippen molar-refractivity contribution in [2.45, 2.75) is 12.8 Å². The maximum Gasteiger partial charge on any atom is 0.352 e. The fraction of sp³-hybridized carbons (Fsp3) is 0.133. The molecule has 0 aliphatic rings. The van der Waals surface area contributed by atoms with Gasteiger partial charge in [-0.15, -0.1) is 11.3 Å². The van der Waals surface area contributed by atoms with Gasteiger partial charge in [-0.25, -0.2) is 4.79 Å². The Morgan fingerprint density at radius 3 is 2.70 bits per heavy atom. The molecule has 0 aliphatic heterocycles. The van der Waals surface area contributed by atoms with Crippen LogP contribution in [0.1, 0.15) is 21.6 Å². The summed E-state index contributed by atoms with van der Waals surface area (Å²) in [6.07, 6.45) is 1.80. The molecule has 3 aromatic rings. The summed E-state index contributed by atoms with van der Waals surface area (Å²) in [7, 11) is 0. The summed E-state index contributed by atoms with van der Waals surface area (Å²) in [6.45, 7) is 0. The van der Waals surface area contributed by atoms with Crippen LogP contribution in [0, 0.1) is 0 Å². The maximum absolute atomic E-state index is 11.0. The molecule has 1 aromatic carbocycles. The monoisotopic (exact) mass is 305 g/mol.